The normalized spacial score (nSPS) is 21.1. The Bertz CT molecular complexity index is 1390. The van der Waals surface area contributed by atoms with Crippen LogP contribution in [0.1, 0.15) is 55.4 Å². The molecule has 2 fully saturated rings. The Morgan fingerprint density at radius 1 is 1.17 bits per heavy atom. The van der Waals surface area contributed by atoms with E-state index in [9.17, 15) is 4.79 Å². The van der Waals surface area contributed by atoms with E-state index in [1.54, 1.807) is 10.7 Å². The summed E-state index contributed by atoms with van der Waals surface area (Å²) in [6, 6.07) is 6.57. The van der Waals surface area contributed by atoms with E-state index < -0.39 is 0 Å². The molecule has 1 amide bonds. The van der Waals surface area contributed by atoms with Crippen molar-refractivity contribution in [3.8, 4) is 11.3 Å². The highest BCUT2D eigenvalue weighted by Gasteiger charge is 2.27. The minimum atomic E-state index is -0.114. The molecule has 4 aromatic rings. The SMILES string of the molecule is CNc1cc(-c2cn(C3CCOCC3)c3ncccc23)nc2c(C(=O)NC3CCCC3C)cnn12. The van der Waals surface area contributed by atoms with Crippen LogP contribution in [0.5, 0.6) is 0 Å². The summed E-state index contributed by atoms with van der Waals surface area (Å²) in [5.74, 6) is 1.15. The number of carbonyl (C=O) groups is 1. The summed E-state index contributed by atoms with van der Waals surface area (Å²) in [4.78, 5) is 22.9. The predicted molar refractivity (Wildman–Crippen MR) is 135 cm³/mol. The third kappa shape index (κ3) is 3.83. The number of fused-ring (bicyclic) bond motifs is 2. The van der Waals surface area contributed by atoms with Gasteiger partial charge in [0.1, 0.15) is 17.0 Å². The van der Waals surface area contributed by atoms with Crippen molar-refractivity contribution in [3.05, 3.63) is 42.4 Å². The lowest BCUT2D eigenvalue weighted by Crippen LogP contribution is -2.36. The van der Waals surface area contributed by atoms with Crippen LogP contribution >= 0.6 is 0 Å². The molecule has 5 heterocycles. The third-order valence-electron chi connectivity index (χ3n) is 7.60. The van der Waals surface area contributed by atoms with E-state index in [0.717, 1.165) is 73.4 Å². The number of amides is 1. The summed E-state index contributed by atoms with van der Waals surface area (Å²) < 4.78 is 9.55. The van der Waals surface area contributed by atoms with Gasteiger partial charge in [-0.25, -0.2) is 9.97 Å². The zero-order valence-corrected chi connectivity index (χ0v) is 20.2. The number of rotatable bonds is 5. The van der Waals surface area contributed by atoms with E-state index in [1.807, 2.05) is 25.4 Å². The van der Waals surface area contributed by atoms with Crippen LogP contribution in [0, 0.1) is 5.92 Å². The number of hydrogen-bond acceptors (Lipinski definition) is 6. The molecular formula is C26H31N7O2. The average molecular weight is 474 g/mol. The molecule has 1 saturated carbocycles. The van der Waals surface area contributed by atoms with Gasteiger partial charge in [-0.05, 0) is 43.7 Å². The molecule has 9 heteroatoms. The van der Waals surface area contributed by atoms with Crippen LogP contribution in [0.2, 0.25) is 0 Å². The van der Waals surface area contributed by atoms with Crippen LogP contribution in [0.25, 0.3) is 27.9 Å². The molecule has 9 nitrogen and oxygen atoms in total. The standard InChI is InChI=1S/C26H31N7O2/c1-16-5-3-7-21(16)31-26(34)19-14-29-33-23(27-2)13-22(30-25(19)33)20-15-32(17-8-11-35-12-9-17)24-18(20)6-4-10-28-24/h4,6,10,13-17,21,27H,3,5,7-9,11-12H2,1-2H3,(H,31,34). The lowest BCUT2D eigenvalue weighted by atomic mass is 10.1. The Kier molecular flexibility index (Phi) is 5.64. The van der Waals surface area contributed by atoms with E-state index >= 15 is 0 Å². The molecule has 1 aliphatic heterocycles. The molecule has 4 aromatic heterocycles. The summed E-state index contributed by atoms with van der Waals surface area (Å²) in [5, 5.41) is 12.0. The zero-order chi connectivity index (χ0) is 23.9. The minimum absolute atomic E-state index is 0.114. The van der Waals surface area contributed by atoms with Gasteiger partial charge in [-0.15, -0.1) is 0 Å². The fraction of sp³-hybridized carbons (Fsp3) is 0.462. The summed E-state index contributed by atoms with van der Waals surface area (Å²) in [5.41, 5.74) is 3.77. The molecule has 1 aliphatic carbocycles. The first-order valence-electron chi connectivity index (χ1n) is 12.5. The van der Waals surface area contributed by atoms with Crippen LogP contribution < -0.4 is 10.6 Å². The lowest BCUT2D eigenvalue weighted by Gasteiger charge is -2.24. The smallest absolute Gasteiger partial charge is 0.256 e. The van der Waals surface area contributed by atoms with Gasteiger partial charge in [0.25, 0.3) is 5.91 Å². The number of hydrogen-bond donors (Lipinski definition) is 2. The van der Waals surface area contributed by atoms with Crippen molar-refractivity contribution < 1.29 is 9.53 Å². The molecule has 35 heavy (non-hydrogen) atoms. The summed E-state index contributed by atoms with van der Waals surface area (Å²) in [7, 11) is 1.85. The maximum Gasteiger partial charge on any atom is 0.256 e. The van der Waals surface area contributed by atoms with E-state index in [1.165, 1.54) is 0 Å². The largest absolute Gasteiger partial charge is 0.381 e. The van der Waals surface area contributed by atoms with Crippen molar-refractivity contribution in [3.63, 3.8) is 0 Å². The maximum atomic E-state index is 13.2. The highest BCUT2D eigenvalue weighted by atomic mass is 16.5. The van der Waals surface area contributed by atoms with Gasteiger partial charge < -0.3 is 19.9 Å². The minimum Gasteiger partial charge on any atom is -0.381 e. The van der Waals surface area contributed by atoms with E-state index in [0.29, 0.717) is 23.2 Å². The Morgan fingerprint density at radius 3 is 2.80 bits per heavy atom. The topological polar surface area (TPSA) is 98.4 Å². The molecule has 2 N–H and O–H groups in total. The van der Waals surface area contributed by atoms with Gasteiger partial charge in [0.2, 0.25) is 0 Å². The van der Waals surface area contributed by atoms with Gasteiger partial charge in [0, 0.05) is 61.8 Å². The van der Waals surface area contributed by atoms with Crippen molar-refractivity contribution in [2.45, 2.75) is 51.1 Å². The molecule has 0 radical (unpaired) electrons. The zero-order valence-electron chi connectivity index (χ0n) is 20.2. The first-order valence-corrected chi connectivity index (χ1v) is 12.5. The monoisotopic (exact) mass is 473 g/mol. The molecule has 2 atom stereocenters. The average Bonchev–Trinajstić information content (AvgIpc) is 3.61. The number of anilines is 1. The van der Waals surface area contributed by atoms with Crippen LogP contribution in [0.3, 0.4) is 0 Å². The molecule has 182 valence electrons. The molecular weight excluding hydrogens is 442 g/mol. The Morgan fingerprint density at radius 2 is 2.03 bits per heavy atom. The second kappa shape index (κ2) is 8.96. The van der Waals surface area contributed by atoms with E-state index in [-0.39, 0.29) is 11.9 Å². The van der Waals surface area contributed by atoms with Gasteiger partial charge >= 0.3 is 0 Å². The molecule has 1 saturated heterocycles. The van der Waals surface area contributed by atoms with Gasteiger partial charge in [-0.3, -0.25) is 4.79 Å². The van der Waals surface area contributed by atoms with Gasteiger partial charge in [0.15, 0.2) is 5.65 Å². The Hall–Kier alpha value is -3.46. The predicted octanol–water partition coefficient (Wildman–Crippen LogP) is 4.06. The number of nitrogens with one attached hydrogen (secondary N) is 2. The Labute approximate surface area is 203 Å². The molecule has 6 rings (SSSR count). The highest BCUT2D eigenvalue weighted by Crippen LogP contribution is 2.35. The lowest BCUT2D eigenvalue weighted by molar-refractivity contribution is 0.0706. The van der Waals surface area contributed by atoms with Crippen LogP contribution in [0.4, 0.5) is 5.82 Å². The second-order valence-corrected chi connectivity index (χ2v) is 9.73. The van der Waals surface area contributed by atoms with Crippen molar-refractivity contribution in [1.29, 1.82) is 0 Å². The van der Waals surface area contributed by atoms with Crippen molar-refractivity contribution in [1.82, 2.24) is 29.5 Å². The third-order valence-corrected chi connectivity index (χ3v) is 7.60. The van der Waals surface area contributed by atoms with Crippen molar-refractivity contribution in [2.24, 2.45) is 5.92 Å². The maximum absolute atomic E-state index is 13.2. The second-order valence-electron chi connectivity index (χ2n) is 9.73. The van der Waals surface area contributed by atoms with Crippen LogP contribution in [0.15, 0.2) is 36.8 Å². The number of ether oxygens (including phenoxy) is 1. The molecule has 0 bridgehead atoms. The molecule has 2 aliphatic rings. The van der Waals surface area contributed by atoms with Crippen molar-refractivity contribution >= 4 is 28.4 Å². The summed E-state index contributed by atoms with van der Waals surface area (Å²) >= 11 is 0. The fourth-order valence-electron chi connectivity index (χ4n) is 5.57. The molecule has 2 unspecified atom stereocenters. The fourth-order valence-corrected chi connectivity index (χ4v) is 5.57. The number of aromatic nitrogens is 5. The van der Waals surface area contributed by atoms with E-state index in [2.05, 4.69) is 39.5 Å². The molecule has 0 aromatic carbocycles. The number of nitrogens with zero attached hydrogens (tertiary/aromatic N) is 5. The van der Waals surface area contributed by atoms with E-state index in [4.69, 9.17) is 14.7 Å². The van der Waals surface area contributed by atoms with Crippen molar-refractivity contribution in [2.75, 3.05) is 25.6 Å². The van der Waals surface area contributed by atoms with Gasteiger partial charge in [-0.2, -0.15) is 9.61 Å². The quantitative estimate of drug-likeness (QED) is 0.454. The first kappa shape index (κ1) is 22.0. The number of carbonyl (C=O) groups excluding carboxylic acids is 1. The summed E-state index contributed by atoms with van der Waals surface area (Å²) in [6.45, 7) is 3.72. The highest BCUT2D eigenvalue weighted by molar-refractivity contribution is 6.01. The van der Waals surface area contributed by atoms with Gasteiger partial charge in [0.05, 0.1) is 11.9 Å². The van der Waals surface area contributed by atoms with Gasteiger partial charge in [-0.1, -0.05) is 13.3 Å². The Balaban J connectivity index is 1.45. The van der Waals surface area contributed by atoms with Crippen LogP contribution in [-0.4, -0.2) is 56.4 Å². The first-order chi connectivity index (χ1) is 17.1. The van der Waals surface area contributed by atoms with Crippen LogP contribution in [-0.2, 0) is 4.74 Å². The molecule has 0 spiro atoms. The summed E-state index contributed by atoms with van der Waals surface area (Å²) in [6.07, 6.45) is 10.8. The number of pyridine rings is 1.